The van der Waals surface area contributed by atoms with Gasteiger partial charge >= 0.3 is 6.03 Å². The van der Waals surface area contributed by atoms with Crippen molar-refractivity contribution in [2.75, 3.05) is 39.2 Å². The molecule has 0 bridgehead atoms. The van der Waals surface area contributed by atoms with E-state index in [1.54, 1.807) is 18.2 Å². The van der Waals surface area contributed by atoms with E-state index in [1.165, 1.54) is 19.1 Å². The quantitative estimate of drug-likeness (QED) is 0.708. The fourth-order valence-corrected chi connectivity index (χ4v) is 2.01. The fraction of sp³-hybridized carbons (Fsp3) is 0.467. The van der Waals surface area contributed by atoms with Gasteiger partial charge in [-0.25, -0.2) is 4.79 Å². The van der Waals surface area contributed by atoms with E-state index in [1.807, 2.05) is 6.92 Å². The van der Waals surface area contributed by atoms with Crippen LogP contribution in [-0.4, -0.2) is 55.8 Å². The Morgan fingerprint density at radius 1 is 1.32 bits per heavy atom. The summed E-state index contributed by atoms with van der Waals surface area (Å²) in [4.78, 5) is 25.5. The molecule has 0 aliphatic rings. The number of anilines is 1. The molecule has 0 aromatic heterocycles. The SMILES string of the molecule is CCCN(CCO)C(=O)Nc1ccc(OC)c(C(=O)NC)c1. The van der Waals surface area contributed by atoms with Gasteiger partial charge in [0.1, 0.15) is 5.75 Å². The molecule has 7 heteroatoms. The molecule has 1 rings (SSSR count). The summed E-state index contributed by atoms with van der Waals surface area (Å²) < 4.78 is 5.14. The van der Waals surface area contributed by atoms with Crippen molar-refractivity contribution in [3.63, 3.8) is 0 Å². The Kier molecular flexibility index (Phi) is 7.18. The number of carbonyl (C=O) groups excluding carboxylic acids is 2. The van der Waals surface area contributed by atoms with Crippen molar-refractivity contribution >= 4 is 17.6 Å². The van der Waals surface area contributed by atoms with E-state index < -0.39 is 0 Å². The predicted molar refractivity (Wildman–Crippen MR) is 84.4 cm³/mol. The van der Waals surface area contributed by atoms with Crippen LogP contribution in [0.5, 0.6) is 5.75 Å². The lowest BCUT2D eigenvalue weighted by Crippen LogP contribution is -2.37. The molecular formula is C15H23N3O4. The first kappa shape index (κ1) is 17.8. The minimum Gasteiger partial charge on any atom is -0.496 e. The Hall–Kier alpha value is -2.28. The minimum absolute atomic E-state index is 0.0977. The van der Waals surface area contributed by atoms with Crippen LogP contribution in [0.1, 0.15) is 23.7 Å². The van der Waals surface area contributed by atoms with Crippen LogP contribution in [-0.2, 0) is 0 Å². The molecule has 0 aliphatic heterocycles. The first-order valence-electron chi connectivity index (χ1n) is 7.14. The van der Waals surface area contributed by atoms with E-state index in [4.69, 9.17) is 9.84 Å². The van der Waals surface area contributed by atoms with Gasteiger partial charge in [0.25, 0.3) is 5.91 Å². The monoisotopic (exact) mass is 309 g/mol. The van der Waals surface area contributed by atoms with Gasteiger partial charge in [-0.15, -0.1) is 0 Å². The van der Waals surface area contributed by atoms with Gasteiger partial charge in [0, 0.05) is 25.8 Å². The minimum atomic E-state index is -0.316. The highest BCUT2D eigenvalue weighted by Gasteiger charge is 2.15. The summed E-state index contributed by atoms with van der Waals surface area (Å²) in [6, 6.07) is 4.52. The maximum absolute atomic E-state index is 12.2. The zero-order valence-electron chi connectivity index (χ0n) is 13.2. The molecule has 3 N–H and O–H groups in total. The Labute approximate surface area is 130 Å². The Balaban J connectivity index is 2.93. The summed E-state index contributed by atoms with van der Waals surface area (Å²) >= 11 is 0. The second kappa shape index (κ2) is 8.89. The lowest BCUT2D eigenvalue weighted by molar-refractivity contribution is 0.0960. The number of ether oxygens (including phenoxy) is 1. The van der Waals surface area contributed by atoms with Gasteiger partial charge in [0.2, 0.25) is 0 Å². The summed E-state index contributed by atoms with van der Waals surface area (Å²) in [6.07, 6.45) is 0.791. The van der Waals surface area contributed by atoms with E-state index >= 15 is 0 Å². The standard InChI is InChI=1S/C15H23N3O4/c1-4-7-18(8-9-19)15(21)17-11-5-6-13(22-3)12(10-11)14(20)16-2/h5-6,10,19H,4,7-9H2,1-3H3,(H,16,20)(H,17,21). The molecule has 0 unspecified atom stereocenters. The van der Waals surface area contributed by atoms with Crippen molar-refractivity contribution in [2.24, 2.45) is 0 Å². The molecule has 0 aliphatic carbocycles. The summed E-state index contributed by atoms with van der Waals surface area (Å²) in [6.45, 7) is 2.66. The molecule has 1 aromatic rings. The number of nitrogens with zero attached hydrogens (tertiary/aromatic N) is 1. The van der Waals surface area contributed by atoms with Crippen LogP contribution < -0.4 is 15.4 Å². The lowest BCUT2D eigenvalue weighted by Gasteiger charge is -2.21. The van der Waals surface area contributed by atoms with Crippen LogP contribution >= 0.6 is 0 Å². The zero-order valence-corrected chi connectivity index (χ0v) is 13.2. The molecule has 122 valence electrons. The summed E-state index contributed by atoms with van der Waals surface area (Å²) in [5, 5.41) is 14.3. The highest BCUT2D eigenvalue weighted by atomic mass is 16.5. The number of amides is 3. The number of hydrogen-bond donors (Lipinski definition) is 3. The summed E-state index contributed by atoms with van der Waals surface area (Å²) in [7, 11) is 3.00. The van der Waals surface area contributed by atoms with Crippen molar-refractivity contribution < 1.29 is 19.4 Å². The number of rotatable bonds is 7. The predicted octanol–water partition coefficient (Wildman–Crippen LogP) is 1.29. The lowest BCUT2D eigenvalue weighted by atomic mass is 10.1. The van der Waals surface area contributed by atoms with E-state index in [0.29, 0.717) is 23.5 Å². The molecule has 7 nitrogen and oxygen atoms in total. The number of hydrogen-bond acceptors (Lipinski definition) is 4. The maximum atomic E-state index is 12.2. The fourth-order valence-electron chi connectivity index (χ4n) is 2.01. The second-order valence-electron chi connectivity index (χ2n) is 4.63. The van der Waals surface area contributed by atoms with Gasteiger partial charge in [-0.3, -0.25) is 4.79 Å². The molecule has 0 radical (unpaired) electrons. The second-order valence-corrected chi connectivity index (χ2v) is 4.63. The topological polar surface area (TPSA) is 90.9 Å². The molecule has 0 heterocycles. The van der Waals surface area contributed by atoms with Gasteiger partial charge in [0.15, 0.2) is 0 Å². The molecule has 0 atom stereocenters. The zero-order chi connectivity index (χ0) is 16.5. The van der Waals surface area contributed by atoms with Crippen LogP contribution in [0.2, 0.25) is 0 Å². The van der Waals surface area contributed by atoms with Crippen molar-refractivity contribution in [1.82, 2.24) is 10.2 Å². The smallest absolute Gasteiger partial charge is 0.321 e. The molecular weight excluding hydrogens is 286 g/mol. The van der Waals surface area contributed by atoms with Gasteiger partial charge in [0.05, 0.1) is 19.3 Å². The van der Waals surface area contributed by atoms with Crippen molar-refractivity contribution in [1.29, 1.82) is 0 Å². The molecule has 1 aromatic carbocycles. The number of nitrogens with one attached hydrogen (secondary N) is 2. The molecule has 22 heavy (non-hydrogen) atoms. The third kappa shape index (κ3) is 4.63. The normalized spacial score (nSPS) is 10.0. The van der Waals surface area contributed by atoms with Crippen LogP contribution in [0, 0.1) is 0 Å². The van der Waals surface area contributed by atoms with Crippen LogP contribution in [0.3, 0.4) is 0 Å². The van der Waals surface area contributed by atoms with Crippen molar-refractivity contribution in [3.8, 4) is 5.75 Å². The van der Waals surface area contributed by atoms with Crippen LogP contribution in [0.4, 0.5) is 10.5 Å². The van der Waals surface area contributed by atoms with Crippen molar-refractivity contribution in [3.05, 3.63) is 23.8 Å². The summed E-state index contributed by atoms with van der Waals surface area (Å²) in [5.41, 5.74) is 0.829. The van der Waals surface area contributed by atoms with E-state index in [2.05, 4.69) is 10.6 Å². The number of carbonyl (C=O) groups is 2. The molecule has 3 amide bonds. The average Bonchev–Trinajstić information content (AvgIpc) is 2.53. The highest BCUT2D eigenvalue weighted by Crippen LogP contribution is 2.22. The number of benzene rings is 1. The molecule has 0 fully saturated rings. The molecule has 0 spiro atoms. The van der Waals surface area contributed by atoms with Gasteiger partial charge in [-0.1, -0.05) is 6.92 Å². The highest BCUT2D eigenvalue weighted by molar-refractivity contribution is 5.99. The molecule has 0 saturated heterocycles. The van der Waals surface area contributed by atoms with E-state index in [9.17, 15) is 9.59 Å². The maximum Gasteiger partial charge on any atom is 0.321 e. The van der Waals surface area contributed by atoms with Crippen LogP contribution in [0.15, 0.2) is 18.2 Å². The number of methoxy groups -OCH3 is 1. The number of urea groups is 1. The van der Waals surface area contributed by atoms with Gasteiger partial charge < -0.3 is 25.4 Å². The van der Waals surface area contributed by atoms with E-state index in [0.717, 1.165) is 6.42 Å². The number of aliphatic hydroxyl groups is 1. The summed E-state index contributed by atoms with van der Waals surface area (Å²) in [5.74, 6) is 0.131. The van der Waals surface area contributed by atoms with Crippen LogP contribution in [0.25, 0.3) is 0 Å². The van der Waals surface area contributed by atoms with E-state index in [-0.39, 0.29) is 25.1 Å². The first-order valence-corrected chi connectivity index (χ1v) is 7.14. The Bertz CT molecular complexity index is 514. The number of aliphatic hydroxyl groups excluding tert-OH is 1. The van der Waals surface area contributed by atoms with Crippen molar-refractivity contribution in [2.45, 2.75) is 13.3 Å². The third-order valence-electron chi connectivity index (χ3n) is 3.07. The molecule has 0 saturated carbocycles. The first-order chi connectivity index (χ1) is 10.6. The van der Waals surface area contributed by atoms with Gasteiger partial charge in [-0.05, 0) is 24.6 Å². The van der Waals surface area contributed by atoms with Gasteiger partial charge in [-0.2, -0.15) is 0 Å². The Morgan fingerprint density at radius 2 is 2.05 bits per heavy atom. The Morgan fingerprint density at radius 3 is 2.59 bits per heavy atom. The largest absolute Gasteiger partial charge is 0.496 e. The average molecular weight is 309 g/mol. The third-order valence-corrected chi connectivity index (χ3v) is 3.07.